The Balaban J connectivity index is 3.39. The maximum absolute atomic E-state index is 10.2. The molecule has 1 unspecified atom stereocenters. The molecule has 0 aromatic rings. The Hall–Kier alpha value is -0.540. The molecule has 5 nitrogen and oxygen atoms in total. The van der Waals surface area contributed by atoms with Crippen LogP contribution in [0.25, 0.3) is 0 Å². The third kappa shape index (κ3) is 5.33. The highest BCUT2D eigenvalue weighted by Crippen LogP contribution is 2.22. The second-order valence-electron chi connectivity index (χ2n) is 1.05. The van der Waals surface area contributed by atoms with Gasteiger partial charge in [0.2, 0.25) is 0 Å². The van der Waals surface area contributed by atoms with Crippen molar-refractivity contribution in [2.75, 3.05) is 6.61 Å². The second kappa shape index (κ2) is 4.35. The fourth-order valence-electron chi connectivity index (χ4n) is 0.219. The summed E-state index contributed by atoms with van der Waals surface area (Å²) in [7, 11) is -2.79. The molecule has 0 amide bonds. The summed E-state index contributed by atoms with van der Waals surface area (Å²) in [6, 6.07) is 0. The summed E-state index contributed by atoms with van der Waals surface area (Å²) in [4.78, 5) is 9.61. The van der Waals surface area contributed by atoms with Crippen LogP contribution >= 0.6 is 8.25 Å². The van der Waals surface area contributed by atoms with Crippen LogP contribution in [0.1, 0.15) is 6.92 Å². The van der Waals surface area contributed by atoms with Crippen molar-refractivity contribution in [3.63, 3.8) is 0 Å². The van der Waals surface area contributed by atoms with Crippen molar-refractivity contribution in [3.8, 4) is 0 Å². The van der Waals surface area contributed by atoms with E-state index >= 15 is 0 Å². The van der Waals surface area contributed by atoms with Crippen molar-refractivity contribution >= 4 is 14.4 Å². The monoisotopic (exact) mass is 154 g/mol. The Bertz CT molecular complexity index is 121. The summed E-state index contributed by atoms with van der Waals surface area (Å²) in [6.45, 7) is 1.78. The van der Waals surface area contributed by atoms with Crippen molar-refractivity contribution in [1.29, 1.82) is 0 Å². The van der Waals surface area contributed by atoms with Gasteiger partial charge in [0.1, 0.15) is 0 Å². The van der Waals surface area contributed by atoms with E-state index in [0.29, 0.717) is 0 Å². The Morgan fingerprint density at radius 3 is 2.67 bits per heavy atom. The Labute approximate surface area is 52.5 Å². The van der Waals surface area contributed by atoms with Gasteiger partial charge in [0, 0.05) is 0 Å². The second-order valence-corrected chi connectivity index (χ2v) is 2.04. The average Bonchev–Trinajstić information content (AvgIpc) is 1.63. The minimum Gasteiger partial charge on any atom is -0.449 e. The van der Waals surface area contributed by atoms with E-state index in [4.69, 9.17) is 5.11 Å². The number of carbonyl (C=O) groups is 1. The first-order valence-corrected chi connectivity index (χ1v) is 3.46. The van der Waals surface area contributed by atoms with Gasteiger partial charge >= 0.3 is 14.4 Å². The standard InChI is InChI=1S/C3H7O5P/c1-2-7-9(6)8-3(4)5/h9H,2H2,1H3,(H,4,5). The van der Waals surface area contributed by atoms with Gasteiger partial charge in [-0.3, -0.25) is 0 Å². The highest BCUT2D eigenvalue weighted by atomic mass is 31.1. The molecule has 0 spiro atoms. The number of rotatable bonds is 3. The molecule has 0 heterocycles. The molecule has 0 aliphatic rings. The molecule has 0 saturated carbocycles. The molecular formula is C3H7O5P. The van der Waals surface area contributed by atoms with Crippen LogP contribution < -0.4 is 0 Å². The summed E-state index contributed by atoms with van der Waals surface area (Å²) in [6.07, 6.45) is -1.58. The van der Waals surface area contributed by atoms with Crippen molar-refractivity contribution in [1.82, 2.24) is 0 Å². The van der Waals surface area contributed by atoms with Crippen LogP contribution in [0, 0.1) is 0 Å². The Kier molecular flexibility index (Phi) is 4.09. The quantitative estimate of drug-likeness (QED) is 0.616. The lowest BCUT2D eigenvalue weighted by Crippen LogP contribution is -1.92. The van der Waals surface area contributed by atoms with E-state index in [1.165, 1.54) is 0 Å². The molecular weight excluding hydrogens is 147 g/mol. The molecule has 0 fully saturated rings. The van der Waals surface area contributed by atoms with Gasteiger partial charge in [0.15, 0.2) is 0 Å². The van der Waals surface area contributed by atoms with Gasteiger partial charge in [0.05, 0.1) is 6.61 Å². The number of carboxylic acid groups (broad SMARTS) is 1. The first-order valence-electron chi connectivity index (χ1n) is 2.24. The number of hydrogen-bond acceptors (Lipinski definition) is 4. The summed E-state index contributed by atoms with van der Waals surface area (Å²) in [5.74, 6) is 0. The van der Waals surface area contributed by atoms with Crippen LogP contribution in [-0.4, -0.2) is 17.9 Å². The van der Waals surface area contributed by atoms with E-state index in [1.807, 2.05) is 0 Å². The highest BCUT2D eigenvalue weighted by Gasteiger charge is 2.02. The molecule has 0 radical (unpaired) electrons. The zero-order valence-electron chi connectivity index (χ0n) is 4.79. The maximum atomic E-state index is 10.2. The SMILES string of the molecule is CCO[PH](=O)OC(=O)O. The van der Waals surface area contributed by atoms with Gasteiger partial charge in [-0.25, -0.2) is 9.36 Å². The van der Waals surface area contributed by atoms with Crippen molar-refractivity contribution < 1.29 is 23.5 Å². The molecule has 1 N–H and O–H groups in total. The summed E-state index contributed by atoms with van der Waals surface area (Å²) in [5, 5.41) is 7.83. The van der Waals surface area contributed by atoms with E-state index in [9.17, 15) is 9.36 Å². The lowest BCUT2D eigenvalue weighted by molar-refractivity contribution is 0.137. The first kappa shape index (κ1) is 8.46. The molecule has 1 atom stereocenters. The van der Waals surface area contributed by atoms with Gasteiger partial charge in [0.25, 0.3) is 0 Å². The average molecular weight is 154 g/mol. The summed E-state index contributed by atoms with van der Waals surface area (Å²) < 4.78 is 18.2. The van der Waals surface area contributed by atoms with Crippen molar-refractivity contribution in [2.45, 2.75) is 6.92 Å². The third-order valence-corrected chi connectivity index (χ3v) is 1.30. The maximum Gasteiger partial charge on any atom is 0.512 e. The van der Waals surface area contributed by atoms with E-state index in [2.05, 4.69) is 9.05 Å². The zero-order valence-corrected chi connectivity index (χ0v) is 5.79. The van der Waals surface area contributed by atoms with Crippen LogP contribution in [0.5, 0.6) is 0 Å². The van der Waals surface area contributed by atoms with Gasteiger partial charge in [-0.15, -0.1) is 0 Å². The Morgan fingerprint density at radius 2 is 2.33 bits per heavy atom. The predicted octanol–water partition coefficient (Wildman–Crippen LogP) is 1.11. The van der Waals surface area contributed by atoms with Crippen LogP contribution in [0.4, 0.5) is 4.79 Å². The van der Waals surface area contributed by atoms with E-state index in [1.54, 1.807) is 6.92 Å². The lowest BCUT2D eigenvalue weighted by Gasteiger charge is -1.97. The van der Waals surface area contributed by atoms with Crippen molar-refractivity contribution in [2.24, 2.45) is 0 Å². The van der Waals surface area contributed by atoms with Gasteiger partial charge < -0.3 is 14.2 Å². The zero-order chi connectivity index (χ0) is 7.28. The fraction of sp³-hybridized carbons (Fsp3) is 0.667. The molecule has 0 aromatic heterocycles. The lowest BCUT2D eigenvalue weighted by atomic mass is 10.9. The molecule has 0 aliphatic heterocycles. The van der Waals surface area contributed by atoms with Crippen LogP contribution in [0.2, 0.25) is 0 Å². The molecule has 0 aliphatic carbocycles. The summed E-state index contributed by atoms with van der Waals surface area (Å²) in [5.41, 5.74) is 0. The normalized spacial score (nSPS) is 12.6. The smallest absolute Gasteiger partial charge is 0.449 e. The highest BCUT2D eigenvalue weighted by molar-refractivity contribution is 7.33. The molecule has 0 bridgehead atoms. The topological polar surface area (TPSA) is 72.8 Å². The molecule has 9 heavy (non-hydrogen) atoms. The van der Waals surface area contributed by atoms with Gasteiger partial charge in [-0.1, -0.05) is 0 Å². The van der Waals surface area contributed by atoms with Crippen LogP contribution in [0.15, 0.2) is 0 Å². The minimum absolute atomic E-state index is 0.186. The van der Waals surface area contributed by atoms with E-state index in [0.717, 1.165) is 0 Å². The van der Waals surface area contributed by atoms with Gasteiger partial charge in [-0.2, -0.15) is 0 Å². The van der Waals surface area contributed by atoms with Crippen LogP contribution in [0.3, 0.4) is 0 Å². The largest absolute Gasteiger partial charge is 0.512 e. The molecule has 0 rings (SSSR count). The third-order valence-electron chi connectivity index (χ3n) is 0.433. The first-order chi connectivity index (χ1) is 4.16. The molecule has 0 aromatic carbocycles. The molecule has 0 saturated heterocycles. The van der Waals surface area contributed by atoms with E-state index < -0.39 is 14.4 Å². The van der Waals surface area contributed by atoms with E-state index in [-0.39, 0.29) is 6.61 Å². The molecule has 54 valence electrons. The number of hydrogen-bond donors (Lipinski definition) is 1. The van der Waals surface area contributed by atoms with Crippen LogP contribution in [-0.2, 0) is 13.6 Å². The Morgan fingerprint density at radius 1 is 1.78 bits per heavy atom. The molecule has 6 heteroatoms. The predicted molar refractivity (Wildman–Crippen MR) is 29.7 cm³/mol. The summed E-state index contributed by atoms with van der Waals surface area (Å²) >= 11 is 0. The fourth-order valence-corrected chi connectivity index (χ4v) is 0.656. The minimum atomic E-state index is -2.79. The van der Waals surface area contributed by atoms with Gasteiger partial charge in [-0.05, 0) is 6.92 Å². The van der Waals surface area contributed by atoms with Crippen molar-refractivity contribution in [3.05, 3.63) is 0 Å².